The fourth-order valence-corrected chi connectivity index (χ4v) is 5.24. The first-order valence-electron chi connectivity index (χ1n) is 12.2. The number of piperidine rings is 1. The third-order valence-electron chi connectivity index (χ3n) is 7.15. The number of likely N-dealkylation sites (tertiary alicyclic amines) is 1. The van der Waals surface area contributed by atoms with Crippen LogP contribution in [-0.2, 0) is 6.54 Å². The molecule has 0 bridgehead atoms. The van der Waals surface area contributed by atoms with E-state index >= 15 is 0 Å². The summed E-state index contributed by atoms with van der Waals surface area (Å²) in [6.07, 6.45) is 8.46. The summed E-state index contributed by atoms with van der Waals surface area (Å²) in [5, 5.41) is 3.22. The van der Waals surface area contributed by atoms with Crippen molar-refractivity contribution < 1.29 is 9.53 Å². The van der Waals surface area contributed by atoms with Gasteiger partial charge in [0.25, 0.3) is 5.91 Å². The summed E-state index contributed by atoms with van der Waals surface area (Å²) in [4.78, 5) is 20.4. The first-order valence-corrected chi connectivity index (χ1v) is 12.2. The number of amides is 1. The van der Waals surface area contributed by atoms with E-state index in [0.29, 0.717) is 11.8 Å². The molecule has 0 radical (unpaired) electrons. The van der Waals surface area contributed by atoms with Crippen molar-refractivity contribution in [2.75, 3.05) is 26.7 Å². The fraction of sp³-hybridized carbons (Fsp3) is 0.556. The molecular formula is C27H37N3O2. The molecular weight excluding hydrogens is 398 g/mol. The Morgan fingerprint density at radius 1 is 1.06 bits per heavy atom. The fourth-order valence-electron chi connectivity index (χ4n) is 5.24. The number of hydrogen-bond donors (Lipinski definition) is 1. The van der Waals surface area contributed by atoms with Crippen molar-refractivity contribution in [2.45, 2.75) is 64.3 Å². The second-order valence-electron chi connectivity index (χ2n) is 9.46. The van der Waals surface area contributed by atoms with Gasteiger partial charge in [0.05, 0.1) is 18.4 Å². The van der Waals surface area contributed by atoms with E-state index in [4.69, 9.17) is 9.72 Å². The molecule has 1 aromatic heterocycles. The van der Waals surface area contributed by atoms with Crippen molar-refractivity contribution in [1.29, 1.82) is 0 Å². The maximum absolute atomic E-state index is 13.1. The van der Waals surface area contributed by atoms with Crippen LogP contribution in [0.1, 0.15) is 78.2 Å². The van der Waals surface area contributed by atoms with Crippen LogP contribution in [0.4, 0.5) is 0 Å². The number of aryl methyl sites for hydroxylation is 1. The van der Waals surface area contributed by atoms with Crippen molar-refractivity contribution in [3.05, 3.63) is 58.9 Å². The molecule has 0 atom stereocenters. The third-order valence-corrected chi connectivity index (χ3v) is 7.15. The number of aromatic nitrogens is 1. The first kappa shape index (κ1) is 22.8. The summed E-state index contributed by atoms with van der Waals surface area (Å²) in [6, 6.07) is 12.2. The molecule has 5 nitrogen and oxygen atoms in total. The number of para-hydroxylation sites is 1. The van der Waals surface area contributed by atoms with Crippen LogP contribution in [0.2, 0.25) is 0 Å². The lowest BCUT2D eigenvalue weighted by molar-refractivity contribution is 0.0940. The highest BCUT2D eigenvalue weighted by Gasteiger charge is 2.26. The third kappa shape index (κ3) is 5.69. The average Bonchev–Trinajstić information content (AvgIpc) is 2.84. The number of carbonyl (C=O) groups excluding carboxylic acids is 1. The molecule has 1 saturated carbocycles. The summed E-state index contributed by atoms with van der Waals surface area (Å²) in [7, 11) is 1.73. The maximum Gasteiger partial charge on any atom is 0.253 e. The van der Waals surface area contributed by atoms with Gasteiger partial charge in [0.1, 0.15) is 5.75 Å². The van der Waals surface area contributed by atoms with Gasteiger partial charge in [-0.05, 0) is 69.8 Å². The predicted octanol–water partition coefficient (Wildman–Crippen LogP) is 5.09. The van der Waals surface area contributed by atoms with E-state index in [1.54, 1.807) is 7.11 Å². The number of nitrogens with zero attached hydrogens (tertiary/aromatic N) is 2. The Kier molecular flexibility index (Phi) is 7.80. The van der Waals surface area contributed by atoms with Gasteiger partial charge in [-0.1, -0.05) is 37.5 Å². The topological polar surface area (TPSA) is 54.5 Å². The smallest absolute Gasteiger partial charge is 0.253 e. The second kappa shape index (κ2) is 11.0. The molecule has 1 amide bonds. The van der Waals surface area contributed by atoms with Crippen molar-refractivity contribution in [3.63, 3.8) is 0 Å². The minimum absolute atomic E-state index is 0.0505. The summed E-state index contributed by atoms with van der Waals surface area (Å²) in [5.41, 5.74) is 3.97. The number of benzene rings is 1. The number of nitrogens with one attached hydrogen (secondary N) is 1. The van der Waals surface area contributed by atoms with Crippen molar-refractivity contribution in [2.24, 2.45) is 5.92 Å². The Balaban J connectivity index is 1.38. The van der Waals surface area contributed by atoms with Crippen LogP contribution in [-0.4, -0.2) is 42.5 Å². The van der Waals surface area contributed by atoms with E-state index in [9.17, 15) is 4.79 Å². The number of rotatable bonds is 7. The molecule has 1 saturated heterocycles. The minimum Gasteiger partial charge on any atom is -0.496 e. The lowest BCUT2D eigenvalue weighted by atomic mass is 9.88. The van der Waals surface area contributed by atoms with Crippen molar-refractivity contribution >= 4 is 5.91 Å². The van der Waals surface area contributed by atoms with Gasteiger partial charge in [-0.2, -0.15) is 0 Å². The zero-order chi connectivity index (χ0) is 22.3. The van der Waals surface area contributed by atoms with Gasteiger partial charge >= 0.3 is 0 Å². The Hall–Kier alpha value is -2.40. The highest BCUT2D eigenvalue weighted by molar-refractivity contribution is 5.95. The Labute approximate surface area is 192 Å². The Morgan fingerprint density at radius 2 is 1.81 bits per heavy atom. The first-order chi connectivity index (χ1) is 15.6. The van der Waals surface area contributed by atoms with Crippen molar-refractivity contribution in [1.82, 2.24) is 15.2 Å². The highest BCUT2D eigenvalue weighted by atomic mass is 16.5. The number of ether oxygens (including phenoxy) is 1. The SMILES string of the molecule is COc1ccccc1CN1CCC(c2nc(C)ccc2C(=O)NCC2CCCCC2)CC1. The van der Waals surface area contributed by atoms with E-state index in [2.05, 4.69) is 22.3 Å². The molecule has 172 valence electrons. The van der Waals surface area contributed by atoms with Crippen LogP contribution in [0.5, 0.6) is 5.75 Å². The Morgan fingerprint density at radius 3 is 2.56 bits per heavy atom. The van der Waals surface area contributed by atoms with Gasteiger partial charge in [0.15, 0.2) is 0 Å². The van der Waals surface area contributed by atoms with Crippen LogP contribution in [0, 0.1) is 12.8 Å². The molecule has 32 heavy (non-hydrogen) atoms. The monoisotopic (exact) mass is 435 g/mol. The molecule has 0 unspecified atom stereocenters. The molecule has 0 spiro atoms. The van der Waals surface area contributed by atoms with E-state index in [-0.39, 0.29) is 5.91 Å². The predicted molar refractivity (Wildman–Crippen MR) is 128 cm³/mol. The maximum atomic E-state index is 13.1. The minimum atomic E-state index is 0.0505. The Bertz CT molecular complexity index is 900. The van der Waals surface area contributed by atoms with Gasteiger partial charge in [-0.25, -0.2) is 0 Å². The average molecular weight is 436 g/mol. The molecule has 2 aliphatic rings. The number of hydrogen-bond acceptors (Lipinski definition) is 4. The number of pyridine rings is 1. The normalized spacial score (nSPS) is 18.4. The van der Waals surface area contributed by atoms with Gasteiger partial charge in [0.2, 0.25) is 0 Å². The standard InChI is InChI=1S/C27H37N3O2/c1-20-12-13-24(27(31)28-18-21-8-4-3-5-9-21)26(29-20)22-14-16-30(17-15-22)19-23-10-6-7-11-25(23)32-2/h6-7,10-13,21-22H,3-5,8-9,14-19H2,1-2H3,(H,28,31). The zero-order valence-corrected chi connectivity index (χ0v) is 19.6. The molecule has 1 N–H and O–H groups in total. The summed E-state index contributed by atoms with van der Waals surface area (Å²) in [6.45, 7) is 5.71. The van der Waals surface area contributed by atoms with Gasteiger partial charge in [0, 0.05) is 30.3 Å². The molecule has 1 aliphatic heterocycles. The summed E-state index contributed by atoms with van der Waals surface area (Å²) < 4.78 is 5.52. The molecule has 2 aromatic rings. The largest absolute Gasteiger partial charge is 0.496 e. The second-order valence-corrected chi connectivity index (χ2v) is 9.46. The summed E-state index contributed by atoms with van der Waals surface area (Å²) >= 11 is 0. The van der Waals surface area contributed by atoms with E-state index in [0.717, 1.165) is 61.7 Å². The van der Waals surface area contributed by atoms with Crippen LogP contribution in [0.3, 0.4) is 0 Å². The van der Waals surface area contributed by atoms with Gasteiger partial charge in [-0.3, -0.25) is 14.7 Å². The summed E-state index contributed by atoms with van der Waals surface area (Å²) in [5.74, 6) is 1.97. The number of carbonyl (C=O) groups is 1. The molecule has 5 heteroatoms. The van der Waals surface area contributed by atoms with Crippen LogP contribution in [0.15, 0.2) is 36.4 Å². The molecule has 2 fully saturated rings. The molecule has 4 rings (SSSR count). The highest BCUT2D eigenvalue weighted by Crippen LogP contribution is 2.31. The van der Waals surface area contributed by atoms with Gasteiger partial charge < -0.3 is 10.1 Å². The zero-order valence-electron chi connectivity index (χ0n) is 19.6. The van der Waals surface area contributed by atoms with Crippen LogP contribution < -0.4 is 10.1 Å². The quantitative estimate of drug-likeness (QED) is 0.658. The van der Waals surface area contributed by atoms with Gasteiger partial charge in [-0.15, -0.1) is 0 Å². The van der Waals surface area contributed by atoms with E-state index in [1.165, 1.54) is 37.7 Å². The molecule has 2 heterocycles. The molecule has 1 aliphatic carbocycles. The van der Waals surface area contributed by atoms with E-state index in [1.807, 2.05) is 31.2 Å². The van der Waals surface area contributed by atoms with Crippen molar-refractivity contribution in [3.8, 4) is 5.75 Å². The lowest BCUT2D eigenvalue weighted by Crippen LogP contribution is -2.35. The lowest BCUT2D eigenvalue weighted by Gasteiger charge is -2.32. The molecule has 1 aromatic carbocycles. The number of methoxy groups -OCH3 is 1. The van der Waals surface area contributed by atoms with E-state index < -0.39 is 0 Å². The van der Waals surface area contributed by atoms with Crippen LogP contribution >= 0.6 is 0 Å². The van der Waals surface area contributed by atoms with Crippen LogP contribution in [0.25, 0.3) is 0 Å².